The van der Waals surface area contributed by atoms with E-state index in [1.165, 1.54) is 0 Å². The Balaban J connectivity index is 1.82. The summed E-state index contributed by atoms with van der Waals surface area (Å²) >= 11 is 3.39. The molecule has 1 N–H and O–H groups in total. The molecule has 0 unspecified atom stereocenters. The molecule has 3 nitrogen and oxygen atoms in total. The first kappa shape index (κ1) is 15.6. The SMILES string of the molecule is O=C(O)[C@@H](Cc1cccc(Br)c1)Oc1ccc2ccccc2c1. The van der Waals surface area contributed by atoms with E-state index in [1.807, 2.05) is 60.7 Å². The quantitative estimate of drug-likeness (QED) is 0.709. The lowest BCUT2D eigenvalue weighted by molar-refractivity contribution is -0.145. The van der Waals surface area contributed by atoms with Gasteiger partial charge in [-0.15, -0.1) is 0 Å². The van der Waals surface area contributed by atoms with Crippen LogP contribution in [0.15, 0.2) is 71.2 Å². The monoisotopic (exact) mass is 370 g/mol. The summed E-state index contributed by atoms with van der Waals surface area (Å²) in [7, 11) is 0. The normalized spacial score (nSPS) is 12.0. The Morgan fingerprint density at radius 1 is 1.00 bits per heavy atom. The molecule has 0 radical (unpaired) electrons. The van der Waals surface area contributed by atoms with Gasteiger partial charge in [-0.25, -0.2) is 4.79 Å². The van der Waals surface area contributed by atoms with Crippen LogP contribution in [0.25, 0.3) is 10.8 Å². The van der Waals surface area contributed by atoms with Gasteiger partial charge in [0.15, 0.2) is 6.10 Å². The van der Waals surface area contributed by atoms with Crippen LogP contribution in [0.2, 0.25) is 0 Å². The fourth-order valence-corrected chi connectivity index (χ4v) is 2.91. The zero-order valence-corrected chi connectivity index (χ0v) is 13.9. The van der Waals surface area contributed by atoms with E-state index < -0.39 is 12.1 Å². The number of ether oxygens (including phenoxy) is 1. The van der Waals surface area contributed by atoms with Crippen LogP contribution in [0.3, 0.4) is 0 Å². The molecule has 0 heterocycles. The number of carboxylic acid groups (broad SMARTS) is 1. The third-order valence-electron chi connectivity index (χ3n) is 3.58. The fourth-order valence-electron chi connectivity index (χ4n) is 2.46. The van der Waals surface area contributed by atoms with E-state index in [1.54, 1.807) is 6.07 Å². The van der Waals surface area contributed by atoms with Crippen LogP contribution >= 0.6 is 15.9 Å². The molecule has 0 aliphatic carbocycles. The van der Waals surface area contributed by atoms with Gasteiger partial charge in [0.2, 0.25) is 0 Å². The van der Waals surface area contributed by atoms with Gasteiger partial charge in [-0.3, -0.25) is 0 Å². The van der Waals surface area contributed by atoms with Crippen molar-refractivity contribution < 1.29 is 14.6 Å². The summed E-state index contributed by atoms with van der Waals surface area (Å²) in [6.45, 7) is 0. The van der Waals surface area contributed by atoms with E-state index in [9.17, 15) is 9.90 Å². The maximum Gasteiger partial charge on any atom is 0.345 e. The molecule has 4 heteroatoms. The van der Waals surface area contributed by atoms with Gasteiger partial charge in [0, 0.05) is 10.9 Å². The minimum absolute atomic E-state index is 0.307. The molecule has 0 aliphatic heterocycles. The van der Waals surface area contributed by atoms with Crippen LogP contribution in [0.4, 0.5) is 0 Å². The predicted molar refractivity (Wildman–Crippen MR) is 93.8 cm³/mol. The van der Waals surface area contributed by atoms with E-state index in [0.29, 0.717) is 12.2 Å². The van der Waals surface area contributed by atoms with Crippen LogP contribution in [0.5, 0.6) is 5.75 Å². The number of halogens is 1. The summed E-state index contributed by atoms with van der Waals surface area (Å²) in [5.74, 6) is -0.413. The smallest absolute Gasteiger partial charge is 0.345 e. The molecule has 0 spiro atoms. The maximum absolute atomic E-state index is 11.5. The molecule has 23 heavy (non-hydrogen) atoms. The van der Waals surface area contributed by atoms with Crippen LogP contribution < -0.4 is 4.74 Å². The van der Waals surface area contributed by atoms with Gasteiger partial charge in [-0.2, -0.15) is 0 Å². The number of hydrogen-bond donors (Lipinski definition) is 1. The summed E-state index contributed by atoms with van der Waals surface area (Å²) in [6.07, 6.45) is -0.618. The fraction of sp³-hybridized carbons (Fsp3) is 0.105. The second-order valence-electron chi connectivity index (χ2n) is 5.29. The highest BCUT2D eigenvalue weighted by molar-refractivity contribution is 9.10. The molecule has 0 saturated heterocycles. The standard InChI is InChI=1S/C19H15BrO3/c20-16-7-3-4-13(10-16)11-18(19(21)22)23-17-9-8-14-5-1-2-6-15(14)12-17/h1-10,12,18H,11H2,(H,21,22)/t18-/m1/s1. The Morgan fingerprint density at radius 2 is 1.78 bits per heavy atom. The minimum atomic E-state index is -0.974. The van der Waals surface area contributed by atoms with Crippen LogP contribution in [0.1, 0.15) is 5.56 Å². The third kappa shape index (κ3) is 3.90. The van der Waals surface area contributed by atoms with E-state index in [0.717, 1.165) is 20.8 Å². The average Bonchev–Trinajstić information content (AvgIpc) is 2.54. The lowest BCUT2D eigenvalue weighted by Gasteiger charge is -2.16. The molecule has 0 amide bonds. The molecule has 0 aliphatic rings. The van der Waals surface area contributed by atoms with Gasteiger partial charge in [-0.05, 0) is 40.6 Å². The van der Waals surface area contributed by atoms with Crippen molar-refractivity contribution in [3.63, 3.8) is 0 Å². The Bertz CT molecular complexity index is 845. The Morgan fingerprint density at radius 3 is 2.52 bits per heavy atom. The Labute approximate surface area is 142 Å². The molecule has 0 aromatic heterocycles. The van der Waals surface area contributed by atoms with Crippen LogP contribution in [-0.2, 0) is 11.2 Å². The van der Waals surface area contributed by atoms with Gasteiger partial charge in [0.1, 0.15) is 5.75 Å². The number of carboxylic acids is 1. The number of aliphatic carboxylic acids is 1. The molecule has 1 atom stereocenters. The maximum atomic E-state index is 11.5. The van der Waals surface area contributed by atoms with Gasteiger partial charge < -0.3 is 9.84 Å². The van der Waals surface area contributed by atoms with Gasteiger partial charge in [0.05, 0.1) is 0 Å². The van der Waals surface area contributed by atoms with Crippen molar-refractivity contribution in [2.24, 2.45) is 0 Å². The van der Waals surface area contributed by atoms with Crippen molar-refractivity contribution in [3.8, 4) is 5.75 Å². The zero-order chi connectivity index (χ0) is 16.2. The van der Waals surface area contributed by atoms with E-state index >= 15 is 0 Å². The van der Waals surface area contributed by atoms with Gasteiger partial charge in [-0.1, -0.05) is 58.4 Å². The molecule has 3 rings (SSSR count). The zero-order valence-electron chi connectivity index (χ0n) is 12.3. The van der Waals surface area contributed by atoms with Crippen LogP contribution in [-0.4, -0.2) is 17.2 Å². The predicted octanol–water partition coefficient (Wildman–Crippen LogP) is 4.68. The van der Waals surface area contributed by atoms with E-state index in [4.69, 9.17) is 4.74 Å². The van der Waals surface area contributed by atoms with Crippen molar-refractivity contribution in [1.82, 2.24) is 0 Å². The summed E-state index contributed by atoms with van der Waals surface area (Å²) < 4.78 is 6.63. The third-order valence-corrected chi connectivity index (χ3v) is 4.08. The Hall–Kier alpha value is -2.33. The average molecular weight is 371 g/mol. The molecule has 0 saturated carbocycles. The molecule has 3 aromatic carbocycles. The van der Waals surface area contributed by atoms with Gasteiger partial charge >= 0.3 is 5.97 Å². The van der Waals surface area contributed by atoms with E-state index in [-0.39, 0.29) is 0 Å². The first-order chi connectivity index (χ1) is 11.1. The highest BCUT2D eigenvalue weighted by atomic mass is 79.9. The summed E-state index contributed by atoms with van der Waals surface area (Å²) in [6, 6.07) is 21.1. The highest BCUT2D eigenvalue weighted by Gasteiger charge is 2.20. The lowest BCUT2D eigenvalue weighted by Crippen LogP contribution is -2.29. The molecular formula is C19H15BrO3. The summed E-state index contributed by atoms with van der Waals surface area (Å²) in [4.78, 5) is 11.5. The van der Waals surface area contributed by atoms with Crippen molar-refractivity contribution in [2.45, 2.75) is 12.5 Å². The first-order valence-corrected chi connectivity index (χ1v) is 8.04. The van der Waals surface area contributed by atoms with Gasteiger partial charge in [0.25, 0.3) is 0 Å². The number of carbonyl (C=O) groups is 1. The topological polar surface area (TPSA) is 46.5 Å². The van der Waals surface area contributed by atoms with Crippen molar-refractivity contribution in [2.75, 3.05) is 0 Å². The second-order valence-corrected chi connectivity index (χ2v) is 6.20. The molecule has 3 aromatic rings. The number of benzene rings is 3. The Kier molecular flexibility index (Phi) is 4.63. The highest BCUT2D eigenvalue weighted by Crippen LogP contribution is 2.22. The van der Waals surface area contributed by atoms with E-state index in [2.05, 4.69) is 15.9 Å². The number of rotatable bonds is 5. The number of fused-ring (bicyclic) bond motifs is 1. The molecule has 116 valence electrons. The molecule has 0 bridgehead atoms. The number of hydrogen-bond acceptors (Lipinski definition) is 2. The largest absolute Gasteiger partial charge is 0.478 e. The van der Waals surface area contributed by atoms with Crippen molar-refractivity contribution in [3.05, 3.63) is 76.8 Å². The van der Waals surface area contributed by atoms with Crippen molar-refractivity contribution in [1.29, 1.82) is 0 Å². The van der Waals surface area contributed by atoms with Crippen LogP contribution in [0, 0.1) is 0 Å². The molecule has 0 fully saturated rings. The minimum Gasteiger partial charge on any atom is -0.478 e. The summed E-state index contributed by atoms with van der Waals surface area (Å²) in [5, 5.41) is 11.6. The summed E-state index contributed by atoms with van der Waals surface area (Å²) in [5.41, 5.74) is 0.910. The first-order valence-electron chi connectivity index (χ1n) is 7.24. The lowest BCUT2D eigenvalue weighted by atomic mass is 10.1. The molecular weight excluding hydrogens is 356 g/mol. The van der Waals surface area contributed by atoms with Crippen molar-refractivity contribution >= 4 is 32.7 Å². The second kappa shape index (κ2) is 6.84.